The molecule has 4 atom stereocenters. The minimum absolute atomic E-state index is 0.0109. The number of rotatable bonds is 4. The Labute approximate surface area is 147 Å². The van der Waals surface area contributed by atoms with Crippen LogP contribution in [0.2, 0.25) is 0 Å². The maximum Gasteiger partial charge on any atom is 0.217 e. The molecule has 1 unspecified atom stereocenters. The number of nitrogens with one attached hydrogen (secondary N) is 1. The lowest BCUT2D eigenvalue weighted by Gasteiger charge is -2.47. The zero-order valence-electron chi connectivity index (χ0n) is 16.2. The topological polar surface area (TPSA) is 58.6 Å². The quantitative estimate of drug-likeness (QED) is 0.819. The second kappa shape index (κ2) is 7.74. The van der Waals surface area contributed by atoms with Gasteiger partial charge in [-0.15, -0.1) is 0 Å². The molecule has 0 aromatic heterocycles. The van der Waals surface area contributed by atoms with Gasteiger partial charge in [-0.3, -0.25) is 4.79 Å². The van der Waals surface area contributed by atoms with Gasteiger partial charge in [0.1, 0.15) is 0 Å². The first kappa shape index (κ1) is 19.7. The Kier molecular flexibility index (Phi) is 6.35. The highest BCUT2D eigenvalue weighted by molar-refractivity contribution is 5.73. The Bertz CT molecular complexity index is 425. The van der Waals surface area contributed by atoms with Crippen LogP contribution in [0.3, 0.4) is 0 Å². The third-order valence-electron chi connectivity index (χ3n) is 5.81. The number of hydrogen-bond donors (Lipinski definition) is 2. The third kappa shape index (κ3) is 5.45. The minimum atomic E-state index is -0.282. The first-order valence-electron chi connectivity index (χ1n) is 9.71. The van der Waals surface area contributed by atoms with Crippen molar-refractivity contribution in [3.05, 3.63) is 0 Å². The van der Waals surface area contributed by atoms with Gasteiger partial charge in [0.25, 0.3) is 0 Å². The lowest BCUT2D eigenvalue weighted by atomic mass is 9.74. The monoisotopic (exact) mass is 339 g/mol. The van der Waals surface area contributed by atoms with Gasteiger partial charge >= 0.3 is 0 Å². The zero-order valence-corrected chi connectivity index (χ0v) is 16.2. The second-order valence-electron chi connectivity index (χ2n) is 9.46. The van der Waals surface area contributed by atoms with Crippen LogP contribution >= 0.6 is 0 Å². The molecule has 0 bridgehead atoms. The summed E-state index contributed by atoms with van der Waals surface area (Å²) in [5.41, 5.74) is -0.229. The van der Waals surface area contributed by atoms with Crippen LogP contribution in [-0.4, -0.2) is 34.9 Å². The minimum Gasteiger partial charge on any atom is -0.393 e. The summed E-state index contributed by atoms with van der Waals surface area (Å²) >= 11 is 0. The predicted octanol–water partition coefficient (Wildman–Crippen LogP) is 3.81. The fourth-order valence-corrected chi connectivity index (χ4v) is 4.48. The largest absolute Gasteiger partial charge is 0.393 e. The van der Waals surface area contributed by atoms with Gasteiger partial charge in [0.15, 0.2) is 0 Å². The molecule has 1 aliphatic heterocycles. The Morgan fingerprint density at radius 1 is 1.25 bits per heavy atom. The SMILES string of the molecule is CC(=O)NC1(C)C[C@@H](C[C@@H](O)C2CCCCC2)O[C@@H](C(C)(C)C)C1. The van der Waals surface area contributed by atoms with E-state index in [0.29, 0.717) is 12.3 Å². The van der Waals surface area contributed by atoms with Gasteiger partial charge in [-0.25, -0.2) is 0 Å². The van der Waals surface area contributed by atoms with Gasteiger partial charge in [-0.2, -0.15) is 0 Å². The van der Waals surface area contributed by atoms with E-state index in [-0.39, 0.29) is 35.2 Å². The van der Waals surface area contributed by atoms with Crippen molar-refractivity contribution < 1.29 is 14.6 Å². The molecular weight excluding hydrogens is 302 g/mol. The van der Waals surface area contributed by atoms with Crippen molar-refractivity contribution in [1.82, 2.24) is 5.32 Å². The van der Waals surface area contributed by atoms with Gasteiger partial charge in [0.2, 0.25) is 5.91 Å². The van der Waals surface area contributed by atoms with E-state index in [1.165, 1.54) is 19.3 Å². The molecule has 2 aliphatic rings. The van der Waals surface area contributed by atoms with E-state index in [1.807, 2.05) is 0 Å². The Hall–Kier alpha value is -0.610. The van der Waals surface area contributed by atoms with Gasteiger partial charge in [-0.1, -0.05) is 40.0 Å². The summed E-state index contributed by atoms with van der Waals surface area (Å²) in [6.45, 7) is 10.3. The van der Waals surface area contributed by atoms with Crippen LogP contribution in [0.4, 0.5) is 0 Å². The standard InChI is InChI=1S/C20H37NO3/c1-14(22)21-20(5)12-16(24-18(13-20)19(2,3)4)11-17(23)15-9-7-6-8-10-15/h15-18,23H,6-13H2,1-5H3,(H,21,22)/t16-,17-,18-,20?/m1/s1. The van der Waals surface area contributed by atoms with Crippen molar-refractivity contribution >= 4 is 5.91 Å². The number of ether oxygens (including phenoxy) is 1. The molecule has 140 valence electrons. The molecular formula is C20H37NO3. The first-order chi connectivity index (χ1) is 11.1. The number of amides is 1. The van der Waals surface area contributed by atoms with Crippen molar-refractivity contribution in [2.24, 2.45) is 11.3 Å². The summed E-state index contributed by atoms with van der Waals surface area (Å²) in [7, 11) is 0. The summed E-state index contributed by atoms with van der Waals surface area (Å²) in [6, 6.07) is 0. The van der Waals surface area contributed by atoms with Crippen LogP contribution in [0, 0.1) is 11.3 Å². The van der Waals surface area contributed by atoms with E-state index >= 15 is 0 Å². The van der Waals surface area contributed by atoms with Crippen LogP contribution in [0.25, 0.3) is 0 Å². The highest BCUT2D eigenvalue weighted by atomic mass is 16.5. The Morgan fingerprint density at radius 2 is 1.88 bits per heavy atom. The van der Waals surface area contributed by atoms with Gasteiger partial charge in [0, 0.05) is 12.5 Å². The summed E-state index contributed by atoms with van der Waals surface area (Å²) < 4.78 is 6.38. The molecule has 0 aromatic rings. The molecule has 4 nitrogen and oxygen atoms in total. The van der Waals surface area contributed by atoms with Crippen LogP contribution in [0.5, 0.6) is 0 Å². The van der Waals surface area contributed by atoms with E-state index in [1.54, 1.807) is 6.92 Å². The average molecular weight is 340 g/mol. The number of aliphatic hydroxyl groups excluding tert-OH is 1. The summed E-state index contributed by atoms with van der Waals surface area (Å²) in [6.07, 6.45) is 8.17. The van der Waals surface area contributed by atoms with Gasteiger partial charge < -0.3 is 15.2 Å². The third-order valence-corrected chi connectivity index (χ3v) is 5.81. The average Bonchev–Trinajstić information content (AvgIpc) is 2.45. The highest BCUT2D eigenvalue weighted by Crippen LogP contribution is 2.39. The van der Waals surface area contributed by atoms with Crippen LogP contribution < -0.4 is 5.32 Å². The van der Waals surface area contributed by atoms with Crippen molar-refractivity contribution in [1.29, 1.82) is 0 Å². The Balaban J connectivity index is 2.05. The van der Waals surface area contributed by atoms with Crippen molar-refractivity contribution in [2.75, 3.05) is 0 Å². The molecule has 2 N–H and O–H groups in total. The molecule has 1 heterocycles. The highest BCUT2D eigenvalue weighted by Gasteiger charge is 2.43. The first-order valence-corrected chi connectivity index (χ1v) is 9.71. The smallest absolute Gasteiger partial charge is 0.217 e. The number of hydrogen-bond acceptors (Lipinski definition) is 3. The summed E-state index contributed by atoms with van der Waals surface area (Å²) in [4.78, 5) is 11.6. The fourth-order valence-electron chi connectivity index (χ4n) is 4.48. The lowest BCUT2D eigenvalue weighted by Crippen LogP contribution is -2.56. The molecule has 0 aromatic carbocycles. The predicted molar refractivity (Wildman–Crippen MR) is 96.8 cm³/mol. The second-order valence-corrected chi connectivity index (χ2v) is 9.46. The molecule has 4 heteroatoms. The number of aliphatic hydroxyl groups is 1. The van der Waals surface area contributed by atoms with E-state index in [4.69, 9.17) is 4.74 Å². The Morgan fingerprint density at radius 3 is 2.42 bits per heavy atom. The van der Waals surface area contributed by atoms with E-state index in [2.05, 4.69) is 33.0 Å². The number of carbonyl (C=O) groups excluding carboxylic acids is 1. The van der Waals surface area contributed by atoms with E-state index < -0.39 is 0 Å². The zero-order chi connectivity index (χ0) is 18.0. The van der Waals surface area contributed by atoms with E-state index in [0.717, 1.165) is 25.7 Å². The van der Waals surface area contributed by atoms with Gasteiger partial charge in [-0.05, 0) is 50.4 Å². The van der Waals surface area contributed by atoms with E-state index in [9.17, 15) is 9.90 Å². The molecule has 2 rings (SSSR count). The van der Waals surface area contributed by atoms with Gasteiger partial charge in [0.05, 0.1) is 18.3 Å². The van der Waals surface area contributed by atoms with Crippen LogP contribution in [0.1, 0.15) is 86.0 Å². The van der Waals surface area contributed by atoms with Crippen LogP contribution in [-0.2, 0) is 9.53 Å². The lowest BCUT2D eigenvalue weighted by molar-refractivity contribution is -0.145. The molecule has 0 radical (unpaired) electrons. The maximum absolute atomic E-state index is 11.6. The van der Waals surface area contributed by atoms with Crippen molar-refractivity contribution in [3.63, 3.8) is 0 Å². The molecule has 1 saturated heterocycles. The molecule has 1 aliphatic carbocycles. The van der Waals surface area contributed by atoms with Crippen molar-refractivity contribution in [2.45, 2.75) is 110 Å². The number of carbonyl (C=O) groups is 1. The fraction of sp³-hybridized carbons (Fsp3) is 0.950. The van der Waals surface area contributed by atoms with Crippen LogP contribution in [0.15, 0.2) is 0 Å². The summed E-state index contributed by atoms with van der Waals surface area (Å²) in [5, 5.41) is 13.8. The maximum atomic E-state index is 11.6. The normalized spacial score (nSPS) is 33.9. The molecule has 1 amide bonds. The molecule has 2 fully saturated rings. The molecule has 0 spiro atoms. The summed E-state index contributed by atoms with van der Waals surface area (Å²) in [5.74, 6) is 0.433. The molecule has 24 heavy (non-hydrogen) atoms. The van der Waals surface area contributed by atoms with Crippen molar-refractivity contribution in [3.8, 4) is 0 Å². The molecule has 1 saturated carbocycles.